The lowest BCUT2D eigenvalue weighted by atomic mass is 10.0. The first kappa shape index (κ1) is 17.9. The lowest BCUT2D eigenvalue weighted by molar-refractivity contribution is 0.0778. The molecule has 1 aliphatic heterocycles. The molecule has 1 N–H and O–H groups in total. The summed E-state index contributed by atoms with van der Waals surface area (Å²) < 4.78 is 6.78. The smallest absolute Gasteiger partial charge is 0.254 e. The molecular weight excluding hydrogens is 360 g/mol. The largest absolute Gasteiger partial charge is 0.345 e. The Morgan fingerprint density at radius 3 is 2.93 bits per heavy atom. The number of benzene rings is 1. The van der Waals surface area contributed by atoms with Crippen LogP contribution in [0.2, 0.25) is 0 Å². The van der Waals surface area contributed by atoms with Gasteiger partial charge >= 0.3 is 0 Å². The molecular formula is C19H20N6O3. The van der Waals surface area contributed by atoms with E-state index in [1.807, 2.05) is 17.8 Å². The summed E-state index contributed by atoms with van der Waals surface area (Å²) in [6.07, 6.45) is 4.34. The van der Waals surface area contributed by atoms with Crippen molar-refractivity contribution in [2.45, 2.75) is 26.4 Å². The first-order chi connectivity index (χ1) is 13.5. The maximum atomic E-state index is 12.7. The van der Waals surface area contributed by atoms with Gasteiger partial charge in [0.25, 0.3) is 11.8 Å². The van der Waals surface area contributed by atoms with Crippen LogP contribution in [0.25, 0.3) is 0 Å². The van der Waals surface area contributed by atoms with Crippen LogP contribution >= 0.6 is 0 Å². The Kier molecular flexibility index (Phi) is 4.64. The molecule has 0 saturated carbocycles. The first-order valence-electron chi connectivity index (χ1n) is 8.96. The SMILES string of the molecule is Cc1nc(CNC(=O)c2cccc3c2CN(CCc2cn(C)cn2)C3=O)no1. The van der Waals surface area contributed by atoms with Gasteiger partial charge in [0.2, 0.25) is 5.89 Å². The molecule has 0 fully saturated rings. The average molecular weight is 380 g/mol. The van der Waals surface area contributed by atoms with Gasteiger partial charge in [0, 0.05) is 50.8 Å². The number of hydrogen-bond acceptors (Lipinski definition) is 6. The number of imidazole rings is 1. The molecule has 0 unspecified atom stereocenters. The summed E-state index contributed by atoms with van der Waals surface area (Å²) in [6, 6.07) is 5.22. The standard InChI is InChI=1S/C19H20N6O3/c1-12-22-17(23-28-12)8-20-18(26)14-4-3-5-15-16(14)10-25(19(15)27)7-6-13-9-24(2)11-21-13/h3-5,9,11H,6-8,10H2,1-2H3,(H,20,26). The van der Waals surface area contributed by atoms with Crippen molar-refractivity contribution in [3.63, 3.8) is 0 Å². The number of carbonyl (C=O) groups is 2. The van der Waals surface area contributed by atoms with Crippen LogP contribution in [0, 0.1) is 6.92 Å². The maximum Gasteiger partial charge on any atom is 0.254 e. The number of fused-ring (bicyclic) bond motifs is 1. The van der Waals surface area contributed by atoms with E-state index >= 15 is 0 Å². The Labute approximate surface area is 161 Å². The molecule has 2 amide bonds. The Morgan fingerprint density at radius 2 is 2.21 bits per heavy atom. The van der Waals surface area contributed by atoms with Crippen molar-refractivity contribution in [1.29, 1.82) is 0 Å². The van der Waals surface area contributed by atoms with E-state index in [0.29, 0.717) is 42.4 Å². The van der Waals surface area contributed by atoms with Gasteiger partial charge in [0.1, 0.15) is 0 Å². The Balaban J connectivity index is 1.45. The number of aryl methyl sites for hydroxylation is 2. The molecule has 0 bridgehead atoms. The van der Waals surface area contributed by atoms with Crippen molar-refractivity contribution in [3.05, 3.63) is 64.8 Å². The van der Waals surface area contributed by atoms with E-state index in [-0.39, 0.29) is 18.4 Å². The fraction of sp³-hybridized carbons (Fsp3) is 0.316. The predicted molar refractivity (Wildman–Crippen MR) is 98.3 cm³/mol. The van der Waals surface area contributed by atoms with E-state index < -0.39 is 0 Å². The molecule has 0 radical (unpaired) electrons. The van der Waals surface area contributed by atoms with E-state index in [0.717, 1.165) is 11.3 Å². The van der Waals surface area contributed by atoms with E-state index in [4.69, 9.17) is 4.52 Å². The van der Waals surface area contributed by atoms with Crippen LogP contribution in [0.1, 0.15) is 43.7 Å². The number of rotatable bonds is 6. The highest BCUT2D eigenvalue weighted by Gasteiger charge is 2.30. The van der Waals surface area contributed by atoms with Gasteiger partial charge in [-0.05, 0) is 17.7 Å². The lowest BCUT2D eigenvalue weighted by Gasteiger charge is -2.14. The summed E-state index contributed by atoms with van der Waals surface area (Å²) in [5, 5.41) is 6.54. The molecule has 0 saturated heterocycles. The third kappa shape index (κ3) is 3.51. The normalized spacial score (nSPS) is 13.1. The number of amides is 2. The minimum Gasteiger partial charge on any atom is -0.345 e. The average Bonchev–Trinajstić information content (AvgIpc) is 3.37. The van der Waals surface area contributed by atoms with Gasteiger partial charge in [-0.2, -0.15) is 4.98 Å². The van der Waals surface area contributed by atoms with Gasteiger partial charge in [0.05, 0.1) is 18.6 Å². The highest BCUT2D eigenvalue weighted by atomic mass is 16.5. The Morgan fingerprint density at radius 1 is 1.36 bits per heavy atom. The molecule has 9 nitrogen and oxygen atoms in total. The van der Waals surface area contributed by atoms with Gasteiger partial charge in [-0.25, -0.2) is 4.98 Å². The van der Waals surface area contributed by atoms with E-state index in [9.17, 15) is 9.59 Å². The van der Waals surface area contributed by atoms with Gasteiger partial charge < -0.3 is 19.3 Å². The van der Waals surface area contributed by atoms with Crippen LogP contribution in [-0.2, 0) is 26.6 Å². The van der Waals surface area contributed by atoms with Gasteiger partial charge in [-0.15, -0.1) is 0 Å². The van der Waals surface area contributed by atoms with Crippen LogP contribution in [0.15, 0.2) is 35.2 Å². The van der Waals surface area contributed by atoms with Crippen molar-refractivity contribution in [3.8, 4) is 0 Å². The predicted octanol–water partition coefficient (Wildman–Crippen LogP) is 1.24. The number of aromatic nitrogens is 4. The molecule has 0 aliphatic carbocycles. The Bertz CT molecular complexity index is 1040. The zero-order valence-corrected chi connectivity index (χ0v) is 15.7. The minimum atomic E-state index is -0.265. The summed E-state index contributed by atoms with van der Waals surface area (Å²) in [5.74, 6) is 0.526. The summed E-state index contributed by atoms with van der Waals surface area (Å²) in [6.45, 7) is 2.81. The van der Waals surface area contributed by atoms with Crippen LogP contribution < -0.4 is 5.32 Å². The molecule has 1 aliphatic rings. The number of nitrogens with one attached hydrogen (secondary N) is 1. The molecule has 0 spiro atoms. The van der Waals surface area contributed by atoms with E-state index in [2.05, 4.69) is 20.4 Å². The highest BCUT2D eigenvalue weighted by Crippen LogP contribution is 2.26. The zero-order chi connectivity index (χ0) is 19.7. The summed E-state index contributed by atoms with van der Waals surface area (Å²) >= 11 is 0. The summed E-state index contributed by atoms with van der Waals surface area (Å²) in [4.78, 5) is 35.5. The summed E-state index contributed by atoms with van der Waals surface area (Å²) in [5.41, 5.74) is 2.74. The molecule has 3 aromatic rings. The molecule has 3 heterocycles. The Hall–Kier alpha value is -3.49. The fourth-order valence-corrected chi connectivity index (χ4v) is 3.30. The van der Waals surface area contributed by atoms with Crippen molar-refractivity contribution < 1.29 is 14.1 Å². The molecule has 0 atom stereocenters. The second kappa shape index (κ2) is 7.26. The van der Waals surface area contributed by atoms with Gasteiger partial charge in [-0.1, -0.05) is 11.2 Å². The lowest BCUT2D eigenvalue weighted by Crippen LogP contribution is -2.27. The van der Waals surface area contributed by atoms with Crippen LogP contribution in [0.3, 0.4) is 0 Å². The van der Waals surface area contributed by atoms with E-state index in [1.54, 1.807) is 36.4 Å². The van der Waals surface area contributed by atoms with Crippen LogP contribution in [0.4, 0.5) is 0 Å². The van der Waals surface area contributed by atoms with E-state index in [1.165, 1.54) is 0 Å². The van der Waals surface area contributed by atoms with Crippen molar-refractivity contribution in [2.24, 2.45) is 7.05 Å². The minimum absolute atomic E-state index is 0.0608. The van der Waals surface area contributed by atoms with Crippen molar-refractivity contribution in [2.75, 3.05) is 6.54 Å². The number of carbonyl (C=O) groups excluding carboxylic acids is 2. The second-order valence-electron chi connectivity index (χ2n) is 6.75. The molecule has 1 aromatic carbocycles. The third-order valence-electron chi connectivity index (χ3n) is 4.66. The fourth-order valence-electron chi connectivity index (χ4n) is 3.30. The van der Waals surface area contributed by atoms with Gasteiger partial charge in [0.15, 0.2) is 5.82 Å². The molecule has 2 aromatic heterocycles. The number of hydrogen-bond donors (Lipinski definition) is 1. The molecule has 144 valence electrons. The molecule has 9 heteroatoms. The number of nitrogens with zero attached hydrogens (tertiary/aromatic N) is 5. The van der Waals surface area contributed by atoms with Crippen molar-refractivity contribution in [1.82, 2.24) is 29.9 Å². The monoisotopic (exact) mass is 380 g/mol. The zero-order valence-electron chi connectivity index (χ0n) is 15.7. The summed E-state index contributed by atoms with van der Waals surface area (Å²) in [7, 11) is 1.91. The second-order valence-corrected chi connectivity index (χ2v) is 6.75. The van der Waals surface area contributed by atoms with Crippen LogP contribution in [-0.4, -0.2) is 43.0 Å². The van der Waals surface area contributed by atoms with Crippen molar-refractivity contribution >= 4 is 11.8 Å². The third-order valence-corrected chi connectivity index (χ3v) is 4.66. The topological polar surface area (TPSA) is 106 Å². The molecule has 28 heavy (non-hydrogen) atoms. The first-order valence-corrected chi connectivity index (χ1v) is 8.96. The maximum absolute atomic E-state index is 12.7. The quantitative estimate of drug-likeness (QED) is 0.690. The molecule has 4 rings (SSSR count). The highest BCUT2D eigenvalue weighted by molar-refractivity contribution is 6.04. The van der Waals surface area contributed by atoms with Gasteiger partial charge in [-0.3, -0.25) is 9.59 Å². The van der Waals surface area contributed by atoms with Crippen LogP contribution in [0.5, 0.6) is 0 Å².